The zero-order valence-electron chi connectivity index (χ0n) is 9.93. The van der Waals surface area contributed by atoms with E-state index < -0.39 is 12.0 Å². The number of hydrogen-bond acceptors (Lipinski definition) is 2. The molecule has 0 bridgehead atoms. The first-order valence-corrected chi connectivity index (χ1v) is 5.79. The molecule has 1 aliphatic rings. The zero-order chi connectivity index (χ0) is 12.7. The van der Waals surface area contributed by atoms with Crippen LogP contribution in [0.2, 0.25) is 0 Å². The van der Waals surface area contributed by atoms with E-state index >= 15 is 0 Å². The molecule has 1 saturated heterocycles. The van der Waals surface area contributed by atoms with Gasteiger partial charge in [0.2, 0.25) is 0 Å². The van der Waals surface area contributed by atoms with Gasteiger partial charge in [0.25, 0.3) is 0 Å². The van der Waals surface area contributed by atoms with Crippen molar-refractivity contribution in [2.45, 2.75) is 31.3 Å². The van der Waals surface area contributed by atoms with Crippen LogP contribution in [0, 0.1) is 0 Å². The maximum Gasteiger partial charge on any atom is 0.320 e. The molecule has 0 aromatic heterocycles. The van der Waals surface area contributed by atoms with E-state index in [1.54, 1.807) is 12.2 Å². The summed E-state index contributed by atoms with van der Waals surface area (Å²) in [6.07, 6.45) is 11.7. The molecular weight excluding hydrogens is 214 g/mol. The quantitative estimate of drug-likeness (QED) is 0.717. The minimum absolute atomic E-state index is 0.0825. The van der Waals surface area contributed by atoms with E-state index in [1.165, 1.54) is 0 Å². The van der Waals surface area contributed by atoms with Crippen molar-refractivity contribution in [3.05, 3.63) is 49.1 Å². The standard InChI is InChI=1S/C14H19NO2/c1-3-5-8-11(7-4-2)12-9-6-10-13(15-12)14(16)17/h3-5,7-8,12-13,15H,1-2,6,9-10H2,(H,16,17)/b8-5-,11-7+. The Morgan fingerprint density at radius 1 is 1.24 bits per heavy atom. The molecule has 0 aromatic rings. The third-order valence-electron chi connectivity index (χ3n) is 2.82. The molecule has 0 aliphatic carbocycles. The Morgan fingerprint density at radius 2 is 1.94 bits per heavy atom. The fraction of sp³-hybridized carbons (Fsp3) is 0.357. The van der Waals surface area contributed by atoms with E-state index in [0.717, 1.165) is 18.4 Å². The highest BCUT2D eigenvalue weighted by Gasteiger charge is 2.26. The summed E-state index contributed by atoms with van der Waals surface area (Å²) in [7, 11) is 0. The zero-order valence-corrected chi connectivity index (χ0v) is 9.93. The molecule has 17 heavy (non-hydrogen) atoms. The average molecular weight is 233 g/mol. The number of carboxylic acids is 1. The van der Waals surface area contributed by atoms with Crippen molar-refractivity contribution in [3.63, 3.8) is 0 Å². The van der Waals surface area contributed by atoms with Gasteiger partial charge in [0, 0.05) is 6.04 Å². The maximum atomic E-state index is 11.0. The van der Waals surface area contributed by atoms with Crippen LogP contribution in [0.4, 0.5) is 0 Å². The summed E-state index contributed by atoms with van der Waals surface area (Å²) in [5.74, 6) is -0.777. The van der Waals surface area contributed by atoms with E-state index in [1.807, 2.05) is 18.2 Å². The lowest BCUT2D eigenvalue weighted by molar-refractivity contribution is -0.140. The van der Waals surface area contributed by atoms with Crippen LogP contribution in [0.15, 0.2) is 49.1 Å². The van der Waals surface area contributed by atoms with Crippen molar-refractivity contribution in [2.24, 2.45) is 0 Å². The van der Waals surface area contributed by atoms with Crippen LogP contribution < -0.4 is 5.32 Å². The molecule has 3 heteroatoms. The molecular formula is C14H19NO2. The van der Waals surface area contributed by atoms with Crippen molar-refractivity contribution in [2.75, 3.05) is 0 Å². The van der Waals surface area contributed by atoms with Gasteiger partial charge in [-0.2, -0.15) is 0 Å². The van der Waals surface area contributed by atoms with Crippen LogP contribution in [0.1, 0.15) is 19.3 Å². The van der Waals surface area contributed by atoms with Crippen molar-refractivity contribution < 1.29 is 9.90 Å². The van der Waals surface area contributed by atoms with Gasteiger partial charge in [-0.15, -0.1) is 0 Å². The van der Waals surface area contributed by atoms with Gasteiger partial charge < -0.3 is 5.11 Å². The van der Waals surface area contributed by atoms with Crippen molar-refractivity contribution in [1.29, 1.82) is 0 Å². The lowest BCUT2D eigenvalue weighted by Gasteiger charge is -2.29. The molecule has 2 unspecified atom stereocenters. The van der Waals surface area contributed by atoms with Gasteiger partial charge in [0.15, 0.2) is 0 Å². The molecule has 1 aliphatic heterocycles. The minimum Gasteiger partial charge on any atom is -0.480 e. The summed E-state index contributed by atoms with van der Waals surface area (Å²) in [5.41, 5.74) is 1.05. The summed E-state index contributed by atoms with van der Waals surface area (Å²) >= 11 is 0. The lowest BCUT2D eigenvalue weighted by atomic mass is 9.92. The van der Waals surface area contributed by atoms with Gasteiger partial charge in [0.05, 0.1) is 0 Å². The second kappa shape index (κ2) is 6.86. The topological polar surface area (TPSA) is 49.3 Å². The lowest BCUT2D eigenvalue weighted by Crippen LogP contribution is -2.47. The third kappa shape index (κ3) is 4.04. The van der Waals surface area contributed by atoms with Crippen LogP contribution in [0.5, 0.6) is 0 Å². The average Bonchev–Trinajstić information content (AvgIpc) is 2.34. The number of hydrogen-bond donors (Lipinski definition) is 2. The Labute approximate surface area is 102 Å². The number of allylic oxidation sites excluding steroid dienone is 4. The molecule has 1 fully saturated rings. The van der Waals surface area contributed by atoms with Crippen molar-refractivity contribution in [3.8, 4) is 0 Å². The molecule has 2 atom stereocenters. The molecule has 92 valence electrons. The fourth-order valence-electron chi connectivity index (χ4n) is 2.00. The van der Waals surface area contributed by atoms with Gasteiger partial charge in [0.1, 0.15) is 6.04 Å². The Morgan fingerprint density at radius 3 is 2.53 bits per heavy atom. The van der Waals surface area contributed by atoms with Gasteiger partial charge in [-0.05, 0) is 24.8 Å². The third-order valence-corrected chi connectivity index (χ3v) is 2.82. The monoisotopic (exact) mass is 233 g/mol. The summed E-state index contributed by atoms with van der Waals surface area (Å²) in [6, 6.07) is -0.363. The molecule has 0 radical (unpaired) electrons. The maximum absolute atomic E-state index is 11.0. The van der Waals surface area contributed by atoms with Crippen LogP contribution >= 0.6 is 0 Å². The number of rotatable bonds is 5. The minimum atomic E-state index is -0.777. The summed E-state index contributed by atoms with van der Waals surface area (Å²) < 4.78 is 0. The van der Waals surface area contributed by atoms with Crippen LogP contribution in [0.25, 0.3) is 0 Å². The van der Waals surface area contributed by atoms with E-state index in [2.05, 4.69) is 18.5 Å². The normalized spacial score (nSPS) is 25.8. The summed E-state index contributed by atoms with van der Waals surface area (Å²) in [6.45, 7) is 7.30. The smallest absolute Gasteiger partial charge is 0.320 e. The van der Waals surface area contributed by atoms with E-state index in [0.29, 0.717) is 6.42 Å². The van der Waals surface area contributed by atoms with E-state index in [4.69, 9.17) is 5.11 Å². The van der Waals surface area contributed by atoms with E-state index in [-0.39, 0.29) is 6.04 Å². The second-order valence-corrected chi connectivity index (χ2v) is 4.04. The van der Waals surface area contributed by atoms with Crippen LogP contribution in [-0.2, 0) is 4.79 Å². The fourth-order valence-corrected chi connectivity index (χ4v) is 2.00. The van der Waals surface area contributed by atoms with Gasteiger partial charge >= 0.3 is 5.97 Å². The Bertz CT molecular complexity index is 355. The molecule has 0 aromatic carbocycles. The van der Waals surface area contributed by atoms with Gasteiger partial charge in [-0.3, -0.25) is 10.1 Å². The Kier molecular flexibility index (Phi) is 5.43. The van der Waals surface area contributed by atoms with Crippen LogP contribution in [-0.4, -0.2) is 23.2 Å². The largest absolute Gasteiger partial charge is 0.480 e. The Hall–Kier alpha value is -1.61. The number of piperidine rings is 1. The van der Waals surface area contributed by atoms with Crippen molar-refractivity contribution >= 4 is 5.97 Å². The predicted molar refractivity (Wildman–Crippen MR) is 69.8 cm³/mol. The molecule has 1 heterocycles. The summed E-state index contributed by atoms with van der Waals surface area (Å²) in [4.78, 5) is 11.0. The molecule has 3 nitrogen and oxygen atoms in total. The summed E-state index contributed by atoms with van der Waals surface area (Å²) in [5, 5.41) is 12.2. The highest BCUT2D eigenvalue weighted by atomic mass is 16.4. The number of nitrogens with one attached hydrogen (secondary N) is 1. The molecule has 0 spiro atoms. The highest BCUT2D eigenvalue weighted by molar-refractivity contribution is 5.73. The molecule has 0 saturated carbocycles. The van der Waals surface area contributed by atoms with Gasteiger partial charge in [-0.1, -0.05) is 43.5 Å². The second-order valence-electron chi connectivity index (χ2n) is 4.04. The highest BCUT2D eigenvalue weighted by Crippen LogP contribution is 2.19. The predicted octanol–water partition coefficient (Wildman–Crippen LogP) is 2.44. The first-order chi connectivity index (χ1) is 8.19. The molecule has 0 amide bonds. The molecule has 1 rings (SSSR count). The van der Waals surface area contributed by atoms with Crippen LogP contribution in [0.3, 0.4) is 0 Å². The number of carbonyl (C=O) groups is 1. The number of aliphatic carboxylic acids is 1. The van der Waals surface area contributed by atoms with Crippen molar-refractivity contribution in [1.82, 2.24) is 5.32 Å². The van der Waals surface area contributed by atoms with Gasteiger partial charge in [-0.25, -0.2) is 0 Å². The first kappa shape index (κ1) is 13.5. The first-order valence-electron chi connectivity index (χ1n) is 5.79. The van der Waals surface area contributed by atoms with E-state index in [9.17, 15) is 4.79 Å². The molecule has 2 N–H and O–H groups in total. The SMILES string of the molecule is C=C/C=C\C(=C/C=C)C1CCCC(C(=O)O)N1. The Balaban J connectivity index is 2.77. The number of carboxylic acid groups (broad SMARTS) is 1.